The van der Waals surface area contributed by atoms with E-state index in [0.29, 0.717) is 11.3 Å². The Morgan fingerprint density at radius 2 is 2.05 bits per heavy atom. The minimum atomic E-state index is -0.859. The third kappa shape index (κ3) is 4.81. The predicted molar refractivity (Wildman–Crippen MR) is 75.0 cm³/mol. The molecule has 0 radical (unpaired) electrons. The van der Waals surface area contributed by atoms with Gasteiger partial charge in [0.25, 0.3) is 5.91 Å². The number of hydrogen-bond acceptors (Lipinski definition) is 3. The largest absolute Gasteiger partial charge is 0.483 e. The lowest BCUT2D eigenvalue weighted by atomic mass is 10.1. The van der Waals surface area contributed by atoms with Crippen LogP contribution in [0.4, 0.5) is 4.39 Å². The Kier molecular flexibility index (Phi) is 6.45. The van der Waals surface area contributed by atoms with E-state index in [1.165, 1.54) is 25.1 Å². The summed E-state index contributed by atoms with van der Waals surface area (Å²) >= 11 is 0. The molecule has 0 saturated heterocycles. The third-order valence-electron chi connectivity index (χ3n) is 3.13. The molecule has 112 valence electrons. The lowest BCUT2D eigenvalue weighted by Crippen LogP contribution is -2.37. The fourth-order valence-electron chi connectivity index (χ4n) is 1.88. The van der Waals surface area contributed by atoms with Crippen molar-refractivity contribution in [3.8, 4) is 5.75 Å². The minimum absolute atomic E-state index is 0.135. The van der Waals surface area contributed by atoms with Crippen LogP contribution in [-0.2, 0) is 4.79 Å². The number of benzene rings is 1. The predicted octanol–water partition coefficient (Wildman–Crippen LogP) is 2.56. The standard InChI is InChI=1S/C15H22FNO3/c1-4-12(5-2)17-15(19)9-20-14-7-6-11(16)8-13(14)10(3)18/h6-8,10,12,18H,4-5,9H2,1-3H3,(H,17,19). The SMILES string of the molecule is CCC(CC)NC(=O)COc1ccc(F)cc1C(C)O. The Bertz CT molecular complexity index is 445. The first-order valence-electron chi connectivity index (χ1n) is 6.87. The maximum Gasteiger partial charge on any atom is 0.258 e. The molecule has 1 unspecified atom stereocenters. The van der Waals surface area contributed by atoms with Crippen molar-refractivity contribution in [2.75, 3.05) is 6.61 Å². The average Bonchev–Trinajstić information content (AvgIpc) is 2.43. The van der Waals surface area contributed by atoms with E-state index >= 15 is 0 Å². The van der Waals surface area contributed by atoms with Gasteiger partial charge in [-0.15, -0.1) is 0 Å². The van der Waals surface area contributed by atoms with Gasteiger partial charge in [0, 0.05) is 11.6 Å². The van der Waals surface area contributed by atoms with E-state index in [1.54, 1.807) is 0 Å². The molecule has 2 N–H and O–H groups in total. The average molecular weight is 283 g/mol. The van der Waals surface area contributed by atoms with Gasteiger partial charge in [-0.05, 0) is 38.0 Å². The Labute approximate surface area is 119 Å². The first-order valence-corrected chi connectivity index (χ1v) is 6.87. The van der Waals surface area contributed by atoms with E-state index in [4.69, 9.17) is 4.74 Å². The summed E-state index contributed by atoms with van der Waals surface area (Å²) in [6, 6.07) is 4.00. The number of amides is 1. The summed E-state index contributed by atoms with van der Waals surface area (Å²) in [7, 11) is 0. The quantitative estimate of drug-likeness (QED) is 0.808. The van der Waals surface area contributed by atoms with Gasteiger partial charge in [0.15, 0.2) is 6.61 Å². The van der Waals surface area contributed by atoms with Gasteiger partial charge in [-0.1, -0.05) is 13.8 Å². The number of halogens is 1. The molecule has 1 amide bonds. The number of nitrogens with one attached hydrogen (secondary N) is 1. The van der Waals surface area contributed by atoms with Crippen molar-refractivity contribution in [2.45, 2.75) is 45.8 Å². The molecule has 5 heteroatoms. The van der Waals surface area contributed by atoms with Gasteiger partial charge in [-0.2, -0.15) is 0 Å². The number of aliphatic hydroxyl groups is 1. The summed E-state index contributed by atoms with van der Waals surface area (Å²) in [6.07, 6.45) is 0.859. The van der Waals surface area contributed by atoms with Crippen LogP contribution in [0.25, 0.3) is 0 Å². The highest BCUT2D eigenvalue weighted by atomic mass is 19.1. The zero-order valence-corrected chi connectivity index (χ0v) is 12.1. The molecule has 0 aromatic heterocycles. The second kappa shape index (κ2) is 7.85. The van der Waals surface area contributed by atoms with Crippen LogP contribution in [0, 0.1) is 5.82 Å². The lowest BCUT2D eigenvalue weighted by molar-refractivity contribution is -0.123. The number of rotatable bonds is 7. The first-order chi connectivity index (χ1) is 9.47. The number of carbonyl (C=O) groups excluding carboxylic acids is 1. The fraction of sp³-hybridized carbons (Fsp3) is 0.533. The second-order valence-corrected chi connectivity index (χ2v) is 4.73. The minimum Gasteiger partial charge on any atom is -0.483 e. The van der Waals surface area contributed by atoms with Gasteiger partial charge in [-0.3, -0.25) is 4.79 Å². The summed E-state index contributed by atoms with van der Waals surface area (Å²) in [6.45, 7) is 5.37. The van der Waals surface area contributed by atoms with Crippen LogP contribution in [0.2, 0.25) is 0 Å². The van der Waals surface area contributed by atoms with Crippen molar-refractivity contribution < 1.29 is 19.0 Å². The number of carbonyl (C=O) groups is 1. The Hall–Kier alpha value is -1.62. The Morgan fingerprint density at radius 3 is 2.60 bits per heavy atom. The van der Waals surface area contributed by atoms with Gasteiger partial charge in [0.1, 0.15) is 11.6 Å². The monoisotopic (exact) mass is 283 g/mol. The van der Waals surface area contributed by atoms with Crippen molar-refractivity contribution in [2.24, 2.45) is 0 Å². The molecule has 0 saturated carbocycles. The van der Waals surface area contributed by atoms with Crippen LogP contribution >= 0.6 is 0 Å². The molecule has 0 aliphatic heterocycles. The first kappa shape index (κ1) is 16.4. The maximum absolute atomic E-state index is 13.1. The second-order valence-electron chi connectivity index (χ2n) is 4.73. The highest BCUT2D eigenvalue weighted by Gasteiger charge is 2.13. The Balaban J connectivity index is 2.63. The van der Waals surface area contributed by atoms with Crippen LogP contribution in [0.3, 0.4) is 0 Å². The normalized spacial score (nSPS) is 12.3. The zero-order valence-electron chi connectivity index (χ0n) is 12.1. The highest BCUT2D eigenvalue weighted by Crippen LogP contribution is 2.25. The van der Waals surface area contributed by atoms with Crippen LogP contribution in [0.5, 0.6) is 5.75 Å². The van der Waals surface area contributed by atoms with E-state index in [1.807, 2.05) is 13.8 Å². The van der Waals surface area contributed by atoms with E-state index in [2.05, 4.69) is 5.32 Å². The van der Waals surface area contributed by atoms with Crippen LogP contribution < -0.4 is 10.1 Å². The van der Waals surface area contributed by atoms with E-state index in [-0.39, 0.29) is 18.6 Å². The molecule has 0 heterocycles. The molecule has 0 aliphatic carbocycles. The smallest absolute Gasteiger partial charge is 0.258 e. The highest BCUT2D eigenvalue weighted by molar-refractivity contribution is 5.77. The third-order valence-corrected chi connectivity index (χ3v) is 3.13. The molecule has 0 aliphatic rings. The summed E-state index contributed by atoms with van der Waals surface area (Å²) in [4.78, 5) is 11.7. The maximum atomic E-state index is 13.1. The molecule has 20 heavy (non-hydrogen) atoms. The van der Waals surface area contributed by atoms with Gasteiger partial charge in [0.2, 0.25) is 0 Å². The molecular weight excluding hydrogens is 261 g/mol. The Morgan fingerprint density at radius 1 is 1.40 bits per heavy atom. The van der Waals surface area contributed by atoms with E-state index in [0.717, 1.165) is 12.8 Å². The van der Waals surface area contributed by atoms with Crippen molar-refractivity contribution in [1.82, 2.24) is 5.32 Å². The van der Waals surface area contributed by atoms with Gasteiger partial charge >= 0.3 is 0 Å². The molecule has 0 bridgehead atoms. The van der Waals surface area contributed by atoms with Crippen molar-refractivity contribution in [1.29, 1.82) is 0 Å². The molecule has 4 nitrogen and oxygen atoms in total. The summed E-state index contributed by atoms with van der Waals surface area (Å²) < 4.78 is 18.5. The number of aliphatic hydroxyl groups excluding tert-OH is 1. The molecule has 0 spiro atoms. The zero-order chi connectivity index (χ0) is 15.1. The van der Waals surface area contributed by atoms with Crippen LogP contribution in [-0.4, -0.2) is 23.7 Å². The van der Waals surface area contributed by atoms with Crippen LogP contribution in [0.15, 0.2) is 18.2 Å². The van der Waals surface area contributed by atoms with E-state index in [9.17, 15) is 14.3 Å². The van der Waals surface area contributed by atoms with Gasteiger partial charge < -0.3 is 15.2 Å². The van der Waals surface area contributed by atoms with Crippen molar-refractivity contribution in [3.63, 3.8) is 0 Å². The molecular formula is C15H22FNO3. The molecule has 0 fully saturated rings. The number of hydrogen-bond donors (Lipinski definition) is 2. The molecule has 1 rings (SSSR count). The lowest BCUT2D eigenvalue weighted by Gasteiger charge is -2.16. The van der Waals surface area contributed by atoms with Gasteiger partial charge in [0.05, 0.1) is 6.10 Å². The summed E-state index contributed by atoms with van der Waals surface area (Å²) in [5.74, 6) is -0.351. The molecule has 1 atom stereocenters. The molecule has 1 aromatic carbocycles. The number of ether oxygens (including phenoxy) is 1. The topological polar surface area (TPSA) is 58.6 Å². The van der Waals surface area contributed by atoms with Gasteiger partial charge in [-0.25, -0.2) is 4.39 Å². The summed E-state index contributed by atoms with van der Waals surface area (Å²) in [5.41, 5.74) is 0.334. The van der Waals surface area contributed by atoms with E-state index < -0.39 is 11.9 Å². The summed E-state index contributed by atoms with van der Waals surface area (Å²) in [5, 5.41) is 12.4. The molecule has 1 aromatic rings. The van der Waals surface area contributed by atoms with Crippen LogP contribution in [0.1, 0.15) is 45.3 Å². The fourth-order valence-corrected chi connectivity index (χ4v) is 1.88. The van der Waals surface area contributed by atoms with Crippen molar-refractivity contribution in [3.05, 3.63) is 29.6 Å². The van der Waals surface area contributed by atoms with Crippen molar-refractivity contribution >= 4 is 5.91 Å².